The van der Waals surface area contributed by atoms with Crippen LogP contribution in [0, 0.1) is 11.8 Å². The summed E-state index contributed by atoms with van der Waals surface area (Å²) in [6.45, 7) is 4.27. The molecule has 32 heavy (non-hydrogen) atoms. The molecule has 0 amide bonds. The van der Waals surface area contributed by atoms with E-state index in [4.69, 9.17) is 21.1 Å². The van der Waals surface area contributed by atoms with Crippen molar-refractivity contribution in [1.29, 1.82) is 0 Å². The molecule has 168 valence electrons. The number of methoxy groups -OCH3 is 1. The maximum Gasteiger partial charge on any atom is 0.213 e. The number of likely N-dealkylation sites (tertiary alicyclic amines) is 1. The number of ether oxygens (including phenoxy) is 2. The number of nitrogens with zero attached hydrogens (tertiary/aromatic N) is 3. The van der Waals surface area contributed by atoms with E-state index in [1.807, 2.05) is 18.2 Å². The molecule has 3 aliphatic rings. The lowest BCUT2D eigenvalue weighted by molar-refractivity contribution is 0.0238. The molecule has 1 saturated carbocycles. The first-order chi connectivity index (χ1) is 15.7. The fourth-order valence-electron chi connectivity index (χ4n) is 6.16. The maximum atomic E-state index is 6.79. The largest absolute Gasteiger partial charge is 0.481 e. The molecular formula is C25H29ClN4O2. The van der Waals surface area contributed by atoms with E-state index in [-0.39, 0.29) is 0 Å². The molecule has 6 rings (SSSR count). The second-order valence-corrected chi connectivity index (χ2v) is 10.00. The molecule has 0 bridgehead atoms. The van der Waals surface area contributed by atoms with Gasteiger partial charge in [-0.2, -0.15) is 5.10 Å². The van der Waals surface area contributed by atoms with Gasteiger partial charge in [0.25, 0.3) is 0 Å². The summed E-state index contributed by atoms with van der Waals surface area (Å²) in [5.41, 5.74) is 4.14. The van der Waals surface area contributed by atoms with Gasteiger partial charge in [0.2, 0.25) is 5.88 Å². The van der Waals surface area contributed by atoms with Gasteiger partial charge in [-0.05, 0) is 67.2 Å². The minimum atomic E-state index is 0.515. The van der Waals surface area contributed by atoms with E-state index < -0.39 is 0 Å². The van der Waals surface area contributed by atoms with E-state index in [2.05, 4.69) is 26.1 Å². The van der Waals surface area contributed by atoms with E-state index in [9.17, 15) is 0 Å². The van der Waals surface area contributed by atoms with Crippen LogP contribution < -0.4 is 4.74 Å². The molecular weight excluding hydrogens is 424 g/mol. The number of hydrogen-bond acceptors (Lipinski definition) is 5. The normalized spacial score (nSPS) is 28.3. The van der Waals surface area contributed by atoms with Gasteiger partial charge in [0.1, 0.15) is 5.69 Å². The molecule has 2 aliphatic heterocycles. The van der Waals surface area contributed by atoms with Crippen LogP contribution in [0.2, 0.25) is 5.02 Å². The van der Waals surface area contributed by atoms with Gasteiger partial charge >= 0.3 is 0 Å². The van der Waals surface area contributed by atoms with Crippen molar-refractivity contribution in [2.75, 3.05) is 33.4 Å². The fourth-order valence-corrected chi connectivity index (χ4v) is 6.47. The molecule has 4 atom stereocenters. The van der Waals surface area contributed by atoms with E-state index in [1.54, 1.807) is 13.3 Å². The van der Waals surface area contributed by atoms with Crippen LogP contribution in [0.1, 0.15) is 37.2 Å². The van der Waals surface area contributed by atoms with Crippen molar-refractivity contribution in [3.8, 4) is 17.1 Å². The monoisotopic (exact) mass is 452 g/mol. The minimum Gasteiger partial charge on any atom is -0.481 e. The lowest BCUT2D eigenvalue weighted by atomic mass is 9.93. The molecule has 7 heteroatoms. The number of H-pyrrole nitrogens is 1. The van der Waals surface area contributed by atoms with Crippen LogP contribution in [0.15, 0.2) is 30.5 Å². The third-order valence-electron chi connectivity index (χ3n) is 7.77. The highest BCUT2D eigenvalue weighted by Crippen LogP contribution is 2.49. The second-order valence-electron chi connectivity index (χ2n) is 9.59. The van der Waals surface area contributed by atoms with E-state index in [0.29, 0.717) is 17.8 Å². The number of aromatic amines is 1. The molecule has 2 aromatic heterocycles. The van der Waals surface area contributed by atoms with Crippen LogP contribution in [0.4, 0.5) is 0 Å². The van der Waals surface area contributed by atoms with Gasteiger partial charge < -0.3 is 9.47 Å². The number of aromatic nitrogens is 3. The Bertz CT molecular complexity index is 1110. The SMILES string of the molecule is COc1cc(-c2n[nH]c3cc(Cl)c(C4C[C@@H]5CN(C6CCCOC6)C[C@@H]5C4)cc23)ccn1. The highest BCUT2D eigenvalue weighted by molar-refractivity contribution is 6.32. The van der Waals surface area contributed by atoms with Crippen molar-refractivity contribution in [2.24, 2.45) is 11.8 Å². The molecule has 2 unspecified atom stereocenters. The summed E-state index contributed by atoms with van der Waals surface area (Å²) < 4.78 is 11.0. The van der Waals surface area contributed by atoms with Crippen molar-refractivity contribution in [3.63, 3.8) is 0 Å². The fraction of sp³-hybridized carbons (Fsp3) is 0.520. The molecule has 1 aliphatic carbocycles. The summed E-state index contributed by atoms with van der Waals surface area (Å²) in [5.74, 6) is 2.63. The van der Waals surface area contributed by atoms with Crippen LogP contribution in [0.25, 0.3) is 22.2 Å². The number of fused-ring (bicyclic) bond motifs is 2. The summed E-state index contributed by atoms with van der Waals surface area (Å²) in [4.78, 5) is 6.92. The van der Waals surface area contributed by atoms with Gasteiger partial charge in [0, 0.05) is 54.0 Å². The molecule has 6 nitrogen and oxygen atoms in total. The van der Waals surface area contributed by atoms with Gasteiger partial charge in [-0.15, -0.1) is 0 Å². The highest BCUT2D eigenvalue weighted by atomic mass is 35.5. The van der Waals surface area contributed by atoms with E-state index in [1.165, 1.54) is 44.3 Å². The third kappa shape index (κ3) is 3.58. The lowest BCUT2D eigenvalue weighted by Gasteiger charge is -2.31. The van der Waals surface area contributed by atoms with Crippen LogP contribution in [-0.4, -0.2) is 59.5 Å². The average Bonchev–Trinajstić information content (AvgIpc) is 3.52. The van der Waals surface area contributed by atoms with Crippen molar-refractivity contribution in [1.82, 2.24) is 20.1 Å². The predicted octanol–water partition coefficient (Wildman–Crippen LogP) is 4.89. The third-order valence-corrected chi connectivity index (χ3v) is 8.10. The summed E-state index contributed by atoms with van der Waals surface area (Å²) in [6, 6.07) is 8.82. The first-order valence-electron chi connectivity index (χ1n) is 11.7. The molecule has 0 radical (unpaired) electrons. The van der Waals surface area contributed by atoms with Gasteiger partial charge in [-0.1, -0.05) is 11.6 Å². The number of rotatable bonds is 4. The van der Waals surface area contributed by atoms with Crippen molar-refractivity contribution < 1.29 is 9.47 Å². The van der Waals surface area contributed by atoms with Crippen molar-refractivity contribution in [2.45, 2.75) is 37.6 Å². The van der Waals surface area contributed by atoms with Crippen LogP contribution in [0.5, 0.6) is 5.88 Å². The quantitative estimate of drug-likeness (QED) is 0.610. The standard InChI is InChI=1S/C25H29ClN4O2/c1-31-24-9-15(4-5-27-24)25-21-10-20(22(26)11-23(21)28-29-25)16-7-17-12-30(13-18(17)8-16)19-3-2-6-32-14-19/h4-5,9-11,16-19H,2-3,6-8,12-14H2,1H3,(H,28,29)/t16?,17-,18+,19?. The Morgan fingerprint density at radius 2 is 2.03 bits per heavy atom. The molecule has 2 saturated heterocycles. The van der Waals surface area contributed by atoms with Gasteiger partial charge in [-0.25, -0.2) is 4.98 Å². The van der Waals surface area contributed by atoms with Crippen LogP contribution >= 0.6 is 11.6 Å². The summed E-state index contributed by atoms with van der Waals surface area (Å²) in [5, 5.41) is 9.69. The highest BCUT2D eigenvalue weighted by Gasteiger charge is 2.43. The van der Waals surface area contributed by atoms with Crippen molar-refractivity contribution in [3.05, 3.63) is 41.0 Å². The van der Waals surface area contributed by atoms with E-state index in [0.717, 1.165) is 52.2 Å². The van der Waals surface area contributed by atoms with Crippen LogP contribution in [-0.2, 0) is 4.74 Å². The number of pyridine rings is 1. The van der Waals surface area contributed by atoms with Crippen LogP contribution in [0.3, 0.4) is 0 Å². The Hall–Kier alpha value is -2.15. The molecule has 1 N–H and O–H groups in total. The Kier molecular flexibility index (Phi) is 5.32. The van der Waals surface area contributed by atoms with Gasteiger partial charge in [0.05, 0.1) is 19.2 Å². The Morgan fingerprint density at radius 1 is 1.19 bits per heavy atom. The first-order valence-corrected chi connectivity index (χ1v) is 12.1. The summed E-state index contributed by atoms with van der Waals surface area (Å²) in [7, 11) is 1.63. The number of halogens is 1. The summed E-state index contributed by atoms with van der Waals surface area (Å²) in [6.07, 6.45) is 6.68. The predicted molar refractivity (Wildman–Crippen MR) is 125 cm³/mol. The minimum absolute atomic E-state index is 0.515. The molecule has 3 aromatic rings. The van der Waals surface area contributed by atoms with Gasteiger partial charge in [-0.3, -0.25) is 10.00 Å². The first kappa shape index (κ1) is 20.5. The number of nitrogens with one attached hydrogen (secondary N) is 1. The van der Waals surface area contributed by atoms with Crippen molar-refractivity contribution >= 4 is 22.5 Å². The zero-order valence-electron chi connectivity index (χ0n) is 18.4. The Labute approximate surface area is 193 Å². The zero-order chi connectivity index (χ0) is 21.7. The molecule has 0 spiro atoms. The molecule has 4 heterocycles. The smallest absolute Gasteiger partial charge is 0.213 e. The molecule has 3 fully saturated rings. The topological polar surface area (TPSA) is 63.3 Å². The second kappa shape index (κ2) is 8.32. The Morgan fingerprint density at radius 3 is 2.78 bits per heavy atom. The zero-order valence-corrected chi connectivity index (χ0v) is 19.1. The summed E-state index contributed by atoms with van der Waals surface area (Å²) >= 11 is 6.79. The maximum absolute atomic E-state index is 6.79. The lowest BCUT2D eigenvalue weighted by Crippen LogP contribution is -2.40. The van der Waals surface area contributed by atoms with E-state index >= 15 is 0 Å². The number of hydrogen-bond donors (Lipinski definition) is 1. The molecule has 1 aromatic carbocycles. The van der Waals surface area contributed by atoms with Gasteiger partial charge in [0.15, 0.2) is 0 Å². The Balaban J connectivity index is 1.25. The average molecular weight is 453 g/mol. The number of benzene rings is 1.